The van der Waals surface area contributed by atoms with Gasteiger partial charge in [0.1, 0.15) is 0 Å². The Kier molecular flexibility index (Phi) is 5.57. The molecule has 0 aromatic rings. The minimum absolute atomic E-state index is 0.922. The predicted molar refractivity (Wildman–Crippen MR) is 83.6 cm³/mol. The molecule has 1 saturated heterocycles. The Morgan fingerprint density at radius 3 is 2.18 bits per heavy atom. The van der Waals surface area contributed by atoms with Crippen LogP contribution in [0, 0.1) is 0 Å². The lowest BCUT2D eigenvalue weighted by Crippen LogP contribution is -2.60. The van der Waals surface area contributed by atoms with Gasteiger partial charge in [0.2, 0.25) is 0 Å². The van der Waals surface area contributed by atoms with Gasteiger partial charge in [-0.2, -0.15) is 0 Å². The fourth-order valence-corrected chi connectivity index (χ4v) is 20.6. The summed E-state index contributed by atoms with van der Waals surface area (Å²) >= 11 is 0. The lowest BCUT2D eigenvalue weighted by atomic mass is 11.0. The van der Waals surface area contributed by atoms with Crippen molar-refractivity contribution < 1.29 is 16.5 Å². The van der Waals surface area contributed by atoms with Crippen LogP contribution in [0.2, 0.25) is 44.3 Å². The van der Waals surface area contributed by atoms with E-state index in [0.717, 1.165) is 12.1 Å². The highest BCUT2D eigenvalue weighted by Gasteiger charge is 2.47. The molecule has 0 saturated carbocycles. The van der Waals surface area contributed by atoms with Gasteiger partial charge < -0.3 is 16.5 Å². The van der Waals surface area contributed by atoms with Crippen LogP contribution in [0.1, 0.15) is 6.92 Å². The maximum absolute atomic E-state index is 6.44. The number of hydrogen-bond acceptors (Lipinski definition) is 4. The molecule has 1 heterocycles. The van der Waals surface area contributed by atoms with E-state index in [1.807, 2.05) is 0 Å². The smallest absolute Gasteiger partial charge is 0.317 e. The Hall–Kier alpha value is 0.924. The van der Waals surface area contributed by atoms with E-state index in [9.17, 15) is 0 Å². The molecule has 9 heteroatoms. The first-order valence-corrected chi connectivity index (χ1v) is 16.9. The maximum atomic E-state index is 6.44. The van der Waals surface area contributed by atoms with Crippen molar-refractivity contribution in [2.45, 2.75) is 51.2 Å². The van der Waals surface area contributed by atoms with E-state index < -0.39 is 35.7 Å². The van der Waals surface area contributed by atoms with Crippen LogP contribution >= 0.6 is 0 Å². The van der Waals surface area contributed by atoms with Crippen LogP contribution in [-0.2, 0) is 16.5 Å². The molecule has 0 aliphatic carbocycles. The first-order valence-electron chi connectivity index (χ1n) is 6.42. The van der Waals surface area contributed by atoms with E-state index >= 15 is 0 Å². The Labute approximate surface area is 114 Å². The summed E-state index contributed by atoms with van der Waals surface area (Å²) in [6.07, 6.45) is 0. The molecule has 0 aromatic heterocycles. The summed E-state index contributed by atoms with van der Waals surface area (Å²) in [7, 11) is -5.82. The van der Waals surface area contributed by atoms with Gasteiger partial charge in [0, 0.05) is 10.2 Å². The summed E-state index contributed by atoms with van der Waals surface area (Å²) in [5, 5.41) is 0. The Morgan fingerprint density at radius 2 is 1.65 bits per heavy atom. The third-order valence-electron chi connectivity index (χ3n) is 3.01. The standard InChI is InChI=1S/C8H26O4Si5/c1-6-16(4)11-15(2,3)9-14-10-17(5,12-16)8-7-13/h6-8,14H2,1-5,13H3. The average Bonchev–Trinajstić information content (AvgIpc) is 2.14. The maximum Gasteiger partial charge on any atom is 0.317 e. The van der Waals surface area contributed by atoms with E-state index in [2.05, 4.69) is 33.1 Å². The van der Waals surface area contributed by atoms with Crippen LogP contribution in [0.15, 0.2) is 0 Å². The summed E-state index contributed by atoms with van der Waals surface area (Å²) in [6, 6.07) is 3.32. The second-order valence-corrected chi connectivity index (χ2v) is 19.1. The zero-order chi connectivity index (χ0) is 13.2. The monoisotopic (exact) mass is 326 g/mol. The fourth-order valence-electron chi connectivity index (χ4n) is 2.07. The molecule has 1 rings (SSSR count). The zero-order valence-corrected chi connectivity index (χ0v) is 18.4. The van der Waals surface area contributed by atoms with Gasteiger partial charge in [-0.05, 0) is 38.3 Å². The third kappa shape index (κ3) is 4.83. The second-order valence-electron chi connectivity index (χ2n) is 5.38. The highest BCUT2D eigenvalue weighted by atomic mass is 28.5. The summed E-state index contributed by atoms with van der Waals surface area (Å²) in [5.74, 6) is 0. The van der Waals surface area contributed by atoms with Crippen LogP contribution in [0.4, 0.5) is 0 Å². The summed E-state index contributed by atoms with van der Waals surface area (Å²) in [4.78, 5) is 0. The highest BCUT2D eigenvalue weighted by Crippen LogP contribution is 2.29. The van der Waals surface area contributed by atoms with Crippen molar-refractivity contribution in [3.8, 4) is 0 Å². The number of rotatable bonds is 3. The van der Waals surface area contributed by atoms with E-state index in [1.54, 1.807) is 0 Å². The van der Waals surface area contributed by atoms with Crippen molar-refractivity contribution in [3.63, 3.8) is 0 Å². The molecule has 17 heavy (non-hydrogen) atoms. The van der Waals surface area contributed by atoms with Crippen LogP contribution in [0.25, 0.3) is 0 Å². The Balaban J connectivity index is 2.85. The van der Waals surface area contributed by atoms with Crippen molar-refractivity contribution in [3.05, 3.63) is 0 Å². The Bertz CT molecular complexity index is 266. The molecule has 2 unspecified atom stereocenters. The summed E-state index contributed by atoms with van der Waals surface area (Å²) in [6.45, 7) is 10.7. The van der Waals surface area contributed by atoms with Crippen molar-refractivity contribution in [2.24, 2.45) is 0 Å². The molecule has 1 aliphatic rings. The van der Waals surface area contributed by atoms with Crippen LogP contribution < -0.4 is 0 Å². The molecule has 0 radical (unpaired) electrons. The predicted octanol–water partition coefficient (Wildman–Crippen LogP) is 0.715. The van der Waals surface area contributed by atoms with Gasteiger partial charge >= 0.3 is 25.7 Å². The SMILES string of the molecule is CC[Si]1(C)O[Si](C)(C)O[SiH2]O[Si](C)(CC[SiH3])O1. The molecular formula is C8H26O4Si5. The molecule has 0 bridgehead atoms. The molecular weight excluding hydrogens is 301 g/mol. The molecule has 0 aromatic carbocycles. The minimum atomic E-state index is -2.09. The van der Waals surface area contributed by atoms with Crippen molar-refractivity contribution in [1.29, 1.82) is 0 Å². The van der Waals surface area contributed by atoms with E-state index in [-0.39, 0.29) is 0 Å². The first kappa shape index (κ1) is 16.0. The zero-order valence-electron chi connectivity index (χ0n) is 12.0. The molecule has 1 fully saturated rings. The number of hydrogen-bond donors (Lipinski definition) is 0. The van der Waals surface area contributed by atoms with Crippen LogP contribution in [-0.4, -0.2) is 45.9 Å². The van der Waals surface area contributed by atoms with Crippen molar-refractivity contribution >= 4 is 45.9 Å². The van der Waals surface area contributed by atoms with Crippen molar-refractivity contribution in [1.82, 2.24) is 0 Å². The lowest BCUT2D eigenvalue weighted by Gasteiger charge is -2.43. The second kappa shape index (κ2) is 5.92. The van der Waals surface area contributed by atoms with Gasteiger partial charge in [-0.15, -0.1) is 0 Å². The molecule has 2 atom stereocenters. The molecule has 4 nitrogen and oxygen atoms in total. The van der Waals surface area contributed by atoms with E-state index in [4.69, 9.17) is 16.5 Å². The van der Waals surface area contributed by atoms with Gasteiger partial charge in [-0.25, -0.2) is 0 Å². The molecule has 1 aliphatic heterocycles. The quantitative estimate of drug-likeness (QED) is 0.716. The summed E-state index contributed by atoms with van der Waals surface area (Å²) < 4.78 is 24.8. The van der Waals surface area contributed by atoms with Gasteiger partial charge in [-0.3, -0.25) is 0 Å². The largest absolute Gasteiger partial charge is 0.420 e. The van der Waals surface area contributed by atoms with E-state index in [0.29, 0.717) is 0 Å². The third-order valence-corrected chi connectivity index (χ3v) is 20.5. The topological polar surface area (TPSA) is 36.9 Å². The van der Waals surface area contributed by atoms with Crippen LogP contribution in [0.5, 0.6) is 0 Å². The first-order chi connectivity index (χ1) is 7.74. The minimum Gasteiger partial charge on any atom is -0.420 e. The van der Waals surface area contributed by atoms with Gasteiger partial charge in [0.15, 0.2) is 0 Å². The lowest BCUT2D eigenvalue weighted by molar-refractivity contribution is 0.254. The molecule has 0 amide bonds. The molecule has 0 N–H and O–H groups in total. The van der Waals surface area contributed by atoms with Crippen LogP contribution in [0.3, 0.4) is 0 Å². The average molecular weight is 327 g/mol. The normalized spacial score (nSPS) is 40.1. The van der Waals surface area contributed by atoms with Gasteiger partial charge in [0.25, 0.3) is 10.0 Å². The van der Waals surface area contributed by atoms with Gasteiger partial charge in [0.05, 0.1) is 0 Å². The highest BCUT2D eigenvalue weighted by molar-refractivity contribution is 6.88. The Morgan fingerprint density at radius 1 is 1.00 bits per heavy atom. The van der Waals surface area contributed by atoms with E-state index in [1.165, 1.54) is 16.3 Å². The van der Waals surface area contributed by atoms with Gasteiger partial charge in [-0.1, -0.05) is 13.0 Å². The molecule has 102 valence electrons. The van der Waals surface area contributed by atoms with Crippen molar-refractivity contribution in [2.75, 3.05) is 0 Å². The fraction of sp³-hybridized carbons (Fsp3) is 1.00. The molecule has 0 spiro atoms. The summed E-state index contributed by atoms with van der Waals surface area (Å²) in [5.41, 5.74) is 0.